The molecule has 0 radical (unpaired) electrons. The summed E-state index contributed by atoms with van der Waals surface area (Å²) in [5.74, 6) is 0. The molecule has 2 nitrogen and oxygen atoms in total. The third-order valence-electron chi connectivity index (χ3n) is 0.722. The molecule has 0 aliphatic carbocycles. The molecule has 8 heavy (non-hydrogen) atoms. The molecule has 0 heterocycles. The van der Waals surface area contributed by atoms with Crippen molar-refractivity contribution < 1.29 is 0 Å². The zero-order valence-electron chi connectivity index (χ0n) is 5.06. The first kappa shape index (κ1) is 8.68. The van der Waals surface area contributed by atoms with Crippen LogP contribution >= 0.6 is 27.6 Å². The normalized spacial score (nSPS) is 11.0. The van der Waals surface area contributed by atoms with Crippen molar-refractivity contribution in [3.63, 3.8) is 0 Å². The van der Waals surface area contributed by atoms with Crippen LogP contribution in [0, 0.1) is 4.91 Å². The molecular formula is C4H10INOS. The van der Waals surface area contributed by atoms with Gasteiger partial charge in [0.05, 0.1) is 0 Å². The number of halogens is 1. The van der Waals surface area contributed by atoms with Gasteiger partial charge < -0.3 is 0 Å². The number of nitrogens with zero attached hydrogens (tertiary/aromatic N) is 1. The van der Waals surface area contributed by atoms with Gasteiger partial charge in [0.2, 0.25) is 0 Å². The molecule has 0 N–H and O–H groups in total. The molecule has 0 atom stereocenters. The van der Waals surface area contributed by atoms with Crippen molar-refractivity contribution in [2.75, 3.05) is 8.86 Å². The van der Waals surface area contributed by atoms with Crippen molar-refractivity contribution in [3.8, 4) is 0 Å². The van der Waals surface area contributed by atoms with E-state index in [2.05, 4.69) is 18.4 Å². The summed E-state index contributed by atoms with van der Waals surface area (Å²) in [7, 11) is 1.30. The Kier molecular flexibility index (Phi) is 6.30. The molecule has 0 fully saturated rings. The van der Waals surface area contributed by atoms with E-state index in [0.717, 1.165) is 0 Å². The summed E-state index contributed by atoms with van der Waals surface area (Å²) < 4.78 is 5.20. The molecule has 0 aliphatic heterocycles. The molecule has 50 valence electrons. The SMILES string of the molecule is CCI(CC)SN=O. The van der Waals surface area contributed by atoms with Crippen LogP contribution in [0.3, 0.4) is 0 Å². The van der Waals surface area contributed by atoms with E-state index in [-0.39, 0.29) is 0 Å². The predicted molar refractivity (Wildman–Crippen MR) is 48.5 cm³/mol. The van der Waals surface area contributed by atoms with E-state index in [1.54, 1.807) is 0 Å². The van der Waals surface area contributed by atoms with Crippen molar-refractivity contribution in [1.82, 2.24) is 0 Å². The van der Waals surface area contributed by atoms with Gasteiger partial charge in [-0.15, -0.1) is 0 Å². The van der Waals surface area contributed by atoms with Gasteiger partial charge in [-0.1, -0.05) is 0 Å². The second-order valence-electron chi connectivity index (χ2n) is 1.09. The van der Waals surface area contributed by atoms with Crippen molar-refractivity contribution in [3.05, 3.63) is 4.91 Å². The first-order valence-electron chi connectivity index (χ1n) is 2.47. The van der Waals surface area contributed by atoms with Crippen LogP contribution in [0.2, 0.25) is 0 Å². The van der Waals surface area contributed by atoms with Crippen molar-refractivity contribution in [2.24, 2.45) is 4.58 Å². The van der Waals surface area contributed by atoms with Crippen LogP contribution in [0.4, 0.5) is 0 Å². The molecule has 0 aromatic carbocycles. The topological polar surface area (TPSA) is 29.4 Å². The molecule has 0 unspecified atom stereocenters. The van der Waals surface area contributed by atoms with Crippen molar-refractivity contribution in [1.29, 1.82) is 0 Å². The van der Waals surface area contributed by atoms with Crippen LogP contribution < -0.4 is 0 Å². The molecule has 0 aromatic rings. The Labute approximate surface area is 59.7 Å². The molecule has 0 bridgehead atoms. The minimum atomic E-state index is -0.907. The summed E-state index contributed by atoms with van der Waals surface area (Å²) in [6.07, 6.45) is 0. The third kappa shape index (κ3) is 3.65. The van der Waals surface area contributed by atoms with Gasteiger partial charge >= 0.3 is 59.7 Å². The van der Waals surface area contributed by atoms with Gasteiger partial charge in [0, 0.05) is 0 Å². The summed E-state index contributed by atoms with van der Waals surface area (Å²) in [4.78, 5) is 9.69. The van der Waals surface area contributed by atoms with E-state index in [9.17, 15) is 4.91 Å². The Morgan fingerprint density at radius 1 is 1.50 bits per heavy atom. The van der Waals surface area contributed by atoms with Crippen LogP contribution in [-0.4, -0.2) is 8.86 Å². The Morgan fingerprint density at radius 3 is 2.12 bits per heavy atom. The Balaban J connectivity index is 3.20. The number of alkyl halides is 2. The molecular weight excluding hydrogens is 237 g/mol. The molecule has 0 saturated carbocycles. The summed E-state index contributed by atoms with van der Waals surface area (Å²) >= 11 is -0.907. The van der Waals surface area contributed by atoms with Gasteiger partial charge in [-0.3, -0.25) is 0 Å². The van der Waals surface area contributed by atoms with Crippen molar-refractivity contribution >= 4 is 27.6 Å². The van der Waals surface area contributed by atoms with E-state index in [4.69, 9.17) is 0 Å². The van der Waals surface area contributed by atoms with E-state index in [0.29, 0.717) is 0 Å². The number of nitroso groups, excluding NO2 is 1. The van der Waals surface area contributed by atoms with Gasteiger partial charge in [-0.05, 0) is 0 Å². The average molecular weight is 247 g/mol. The molecule has 4 heteroatoms. The molecule has 0 saturated heterocycles. The van der Waals surface area contributed by atoms with Crippen LogP contribution in [0.5, 0.6) is 0 Å². The molecule has 0 spiro atoms. The average Bonchev–Trinajstić information content (AvgIpc) is 1.83. The molecule has 0 aliphatic rings. The van der Waals surface area contributed by atoms with Gasteiger partial charge in [-0.25, -0.2) is 0 Å². The minimum absolute atomic E-state index is 0.907. The predicted octanol–water partition coefficient (Wildman–Crippen LogP) is 2.86. The second-order valence-corrected chi connectivity index (χ2v) is 10.9. The maximum absolute atomic E-state index is 9.69. The Bertz CT molecular complexity index is 67.1. The second kappa shape index (κ2) is 5.81. The summed E-state index contributed by atoms with van der Waals surface area (Å²) in [5.41, 5.74) is 0. The van der Waals surface area contributed by atoms with E-state index in [1.165, 1.54) is 18.0 Å². The number of hydrogen-bond acceptors (Lipinski definition) is 3. The van der Waals surface area contributed by atoms with Gasteiger partial charge in [0.25, 0.3) is 0 Å². The summed E-state index contributed by atoms with van der Waals surface area (Å²) in [6, 6.07) is 0. The van der Waals surface area contributed by atoms with E-state index >= 15 is 0 Å². The van der Waals surface area contributed by atoms with Gasteiger partial charge in [-0.2, -0.15) is 0 Å². The fourth-order valence-corrected chi connectivity index (χ4v) is 4.03. The first-order chi connectivity index (χ1) is 3.85. The summed E-state index contributed by atoms with van der Waals surface area (Å²) in [5, 5.41) is 0. The van der Waals surface area contributed by atoms with Crippen LogP contribution in [0.15, 0.2) is 4.58 Å². The zero-order chi connectivity index (χ0) is 6.41. The van der Waals surface area contributed by atoms with E-state index in [1.807, 2.05) is 0 Å². The first-order valence-corrected chi connectivity index (χ1v) is 8.84. The number of hydrogen-bond donors (Lipinski definition) is 0. The van der Waals surface area contributed by atoms with E-state index < -0.39 is 18.4 Å². The van der Waals surface area contributed by atoms with Crippen LogP contribution in [0.25, 0.3) is 0 Å². The quantitative estimate of drug-likeness (QED) is 0.331. The molecule has 0 rings (SSSR count). The monoisotopic (exact) mass is 247 g/mol. The zero-order valence-corrected chi connectivity index (χ0v) is 8.03. The van der Waals surface area contributed by atoms with Crippen LogP contribution in [0.1, 0.15) is 13.8 Å². The fraction of sp³-hybridized carbons (Fsp3) is 1.00. The Hall–Kier alpha value is 0.680. The van der Waals surface area contributed by atoms with Crippen LogP contribution in [-0.2, 0) is 0 Å². The summed E-state index contributed by atoms with van der Waals surface area (Å²) in [6.45, 7) is 4.26. The maximum atomic E-state index is 9.69. The van der Waals surface area contributed by atoms with Gasteiger partial charge in [0.1, 0.15) is 0 Å². The fourth-order valence-electron chi connectivity index (χ4n) is 0.326. The van der Waals surface area contributed by atoms with Crippen molar-refractivity contribution in [2.45, 2.75) is 13.8 Å². The molecule has 0 amide bonds. The Morgan fingerprint density at radius 2 is 2.00 bits per heavy atom. The van der Waals surface area contributed by atoms with Gasteiger partial charge in [0.15, 0.2) is 0 Å². The third-order valence-corrected chi connectivity index (χ3v) is 9.46. The standard InChI is InChI=1S/C4H10INOS/c1-3-5(4-2)8-6-7/h3-4H2,1-2H3. The number of rotatable bonds is 4. The molecule has 0 aromatic heterocycles.